The Bertz CT molecular complexity index is 1630. The van der Waals surface area contributed by atoms with Gasteiger partial charge in [0, 0.05) is 31.7 Å². The average Bonchev–Trinajstić information content (AvgIpc) is 3.45. The number of anilines is 1. The van der Waals surface area contributed by atoms with Gasteiger partial charge >= 0.3 is 6.09 Å². The van der Waals surface area contributed by atoms with E-state index in [0.717, 1.165) is 21.3 Å². The Morgan fingerprint density at radius 2 is 1.68 bits per heavy atom. The standard InChI is InChI=1S/C29H29ClN4O5S2/c1-3-39-29(36)32-15-17-33(18-16-32)41(37,38)23-12-10-22(11-13-23)27(35)34(19-21-7-5-4-6-8-21)28-31-25-20(2)9-14-24(30)26(25)40-28/h4-14H,3,15-19H2,1-2H3. The third kappa shape index (κ3) is 6.08. The number of hydrogen-bond acceptors (Lipinski definition) is 7. The Balaban J connectivity index is 1.39. The van der Waals surface area contributed by atoms with Crippen LogP contribution in [0.1, 0.15) is 28.4 Å². The number of nitrogens with zero attached hydrogens (tertiary/aromatic N) is 4. The quantitative estimate of drug-likeness (QED) is 0.271. The van der Waals surface area contributed by atoms with Crippen LogP contribution in [0, 0.1) is 6.92 Å². The van der Waals surface area contributed by atoms with Crippen molar-refractivity contribution in [1.29, 1.82) is 0 Å². The number of sulfonamides is 1. The maximum absolute atomic E-state index is 13.9. The molecular formula is C29H29ClN4O5S2. The predicted molar refractivity (Wildman–Crippen MR) is 160 cm³/mol. The number of ether oxygens (including phenoxy) is 1. The van der Waals surface area contributed by atoms with Crippen molar-refractivity contribution in [2.24, 2.45) is 0 Å². The van der Waals surface area contributed by atoms with Crippen LogP contribution in [0.4, 0.5) is 9.93 Å². The van der Waals surface area contributed by atoms with Gasteiger partial charge in [-0.05, 0) is 55.3 Å². The van der Waals surface area contributed by atoms with Crippen LogP contribution in [-0.2, 0) is 21.3 Å². The van der Waals surface area contributed by atoms with Gasteiger partial charge in [-0.15, -0.1) is 0 Å². The van der Waals surface area contributed by atoms with Gasteiger partial charge in [0.25, 0.3) is 5.91 Å². The number of carbonyl (C=O) groups excluding carboxylic acids is 2. The number of fused-ring (bicyclic) bond motifs is 1. The van der Waals surface area contributed by atoms with E-state index in [-0.39, 0.29) is 50.1 Å². The summed E-state index contributed by atoms with van der Waals surface area (Å²) in [6.45, 7) is 5.02. The van der Waals surface area contributed by atoms with Gasteiger partial charge in [0.1, 0.15) is 0 Å². The van der Waals surface area contributed by atoms with Crippen molar-refractivity contribution in [1.82, 2.24) is 14.2 Å². The van der Waals surface area contributed by atoms with E-state index in [9.17, 15) is 18.0 Å². The molecule has 1 aromatic heterocycles. The molecule has 41 heavy (non-hydrogen) atoms. The van der Waals surface area contributed by atoms with Crippen molar-refractivity contribution in [3.8, 4) is 0 Å². The van der Waals surface area contributed by atoms with Crippen LogP contribution >= 0.6 is 22.9 Å². The number of thiazole rings is 1. The Labute approximate surface area is 248 Å². The molecule has 9 nitrogen and oxygen atoms in total. The smallest absolute Gasteiger partial charge is 0.409 e. The lowest BCUT2D eigenvalue weighted by Gasteiger charge is -2.33. The number of hydrogen-bond donors (Lipinski definition) is 0. The molecule has 214 valence electrons. The monoisotopic (exact) mass is 612 g/mol. The summed E-state index contributed by atoms with van der Waals surface area (Å²) in [5.74, 6) is -0.311. The van der Waals surface area contributed by atoms with E-state index in [4.69, 9.17) is 21.3 Å². The Morgan fingerprint density at radius 3 is 2.32 bits per heavy atom. The van der Waals surface area contributed by atoms with E-state index < -0.39 is 16.1 Å². The summed E-state index contributed by atoms with van der Waals surface area (Å²) in [7, 11) is -3.81. The maximum Gasteiger partial charge on any atom is 0.409 e. The predicted octanol–water partition coefficient (Wildman–Crippen LogP) is 5.57. The van der Waals surface area contributed by atoms with Gasteiger partial charge in [-0.2, -0.15) is 4.31 Å². The Kier molecular flexibility index (Phi) is 8.60. The zero-order chi connectivity index (χ0) is 29.1. The molecule has 12 heteroatoms. The maximum atomic E-state index is 13.9. The van der Waals surface area contributed by atoms with Gasteiger partial charge < -0.3 is 9.64 Å². The first-order valence-corrected chi connectivity index (χ1v) is 15.8. The summed E-state index contributed by atoms with van der Waals surface area (Å²) in [6.07, 6.45) is -0.446. The number of piperazine rings is 1. The van der Waals surface area contributed by atoms with Crippen LogP contribution in [0.3, 0.4) is 0 Å². The van der Waals surface area contributed by atoms with Gasteiger partial charge in [-0.3, -0.25) is 9.69 Å². The van der Waals surface area contributed by atoms with Crippen molar-refractivity contribution in [2.45, 2.75) is 25.3 Å². The molecular weight excluding hydrogens is 584 g/mol. The van der Waals surface area contributed by atoms with E-state index in [1.165, 1.54) is 44.8 Å². The summed E-state index contributed by atoms with van der Waals surface area (Å²) >= 11 is 7.79. The van der Waals surface area contributed by atoms with Crippen molar-refractivity contribution < 1.29 is 22.7 Å². The van der Waals surface area contributed by atoms with Gasteiger partial charge in [0.15, 0.2) is 5.13 Å². The number of rotatable bonds is 7. The fourth-order valence-electron chi connectivity index (χ4n) is 4.60. The fraction of sp³-hybridized carbons (Fsp3) is 0.276. The van der Waals surface area contributed by atoms with Crippen molar-refractivity contribution in [3.05, 3.63) is 88.4 Å². The topological polar surface area (TPSA) is 100 Å². The first-order chi connectivity index (χ1) is 19.7. The zero-order valence-corrected chi connectivity index (χ0v) is 25.0. The molecule has 1 saturated heterocycles. The highest BCUT2D eigenvalue weighted by Crippen LogP contribution is 2.36. The normalized spacial score (nSPS) is 14.3. The highest BCUT2D eigenvalue weighted by molar-refractivity contribution is 7.89. The van der Waals surface area contributed by atoms with E-state index in [1.54, 1.807) is 11.8 Å². The highest BCUT2D eigenvalue weighted by Gasteiger charge is 2.31. The molecule has 0 atom stereocenters. The third-order valence-electron chi connectivity index (χ3n) is 6.85. The average molecular weight is 613 g/mol. The van der Waals surface area contributed by atoms with Crippen LogP contribution in [-0.4, -0.2) is 67.4 Å². The molecule has 0 N–H and O–H groups in total. The van der Waals surface area contributed by atoms with Crippen LogP contribution in [0.15, 0.2) is 71.6 Å². The van der Waals surface area contributed by atoms with Crippen LogP contribution in [0.25, 0.3) is 10.2 Å². The molecule has 1 aliphatic heterocycles. The number of benzene rings is 3. The second-order valence-electron chi connectivity index (χ2n) is 9.53. The number of carbonyl (C=O) groups is 2. The number of halogens is 1. The first-order valence-electron chi connectivity index (χ1n) is 13.1. The molecule has 2 amide bonds. The lowest BCUT2D eigenvalue weighted by Crippen LogP contribution is -2.50. The van der Waals surface area contributed by atoms with Crippen molar-refractivity contribution in [2.75, 3.05) is 37.7 Å². The summed E-state index contributed by atoms with van der Waals surface area (Å²) in [5, 5.41) is 1.07. The largest absolute Gasteiger partial charge is 0.450 e. The van der Waals surface area contributed by atoms with Crippen LogP contribution in [0.2, 0.25) is 5.02 Å². The molecule has 3 aromatic carbocycles. The van der Waals surface area contributed by atoms with E-state index in [0.29, 0.717) is 15.7 Å². The molecule has 0 bridgehead atoms. The lowest BCUT2D eigenvalue weighted by atomic mass is 10.1. The van der Waals surface area contributed by atoms with Crippen LogP contribution in [0.5, 0.6) is 0 Å². The minimum Gasteiger partial charge on any atom is -0.450 e. The summed E-state index contributed by atoms with van der Waals surface area (Å²) in [5.41, 5.74) is 2.95. The van der Waals surface area contributed by atoms with E-state index >= 15 is 0 Å². The molecule has 0 aliphatic carbocycles. The number of amides is 2. The summed E-state index contributed by atoms with van der Waals surface area (Å²) in [6, 6.07) is 19.2. The molecule has 0 saturated carbocycles. The van der Waals surface area contributed by atoms with Gasteiger partial charge in [-0.1, -0.05) is 59.3 Å². The second-order valence-corrected chi connectivity index (χ2v) is 12.9. The van der Waals surface area contributed by atoms with Gasteiger partial charge in [0.2, 0.25) is 10.0 Å². The molecule has 1 aliphatic rings. The minimum atomic E-state index is -3.81. The summed E-state index contributed by atoms with van der Waals surface area (Å²) < 4.78 is 33.8. The van der Waals surface area contributed by atoms with Crippen LogP contribution < -0.4 is 4.90 Å². The molecule has 2 heterocycles. The summed E-state index contributed by atoms with van der Waals surface area (Å²) in [4.78, 5) is 33.8. The molecule has 1 fully saturated rings. The van der Waals surface area contributed by atoms with E-state index in [2.05, 4.69) is 0 Å². The molecule has 0 unspecified atom stereocenters. The number of aromatic nitrogens is 1. The Morgan fingerprint density at radius 1 is 1.00 bits per heavy atom. The molecule has 0 spiro atoms. The first kappa shape index (κ1) is 29.0. The Hall–Kier alpha value is -3.51. The van der Waals surface area contributed by atoms with Gasteiger partial charge in [-0.25, -0.2) is 18.2 Å². The molecule has 4 aromatic rings. The lowest BCUT2D eigenvalue weighted by molar-refractivity contribution is 0.0933. The SMILES string of the molecule is CCOC(=O)N1CCN(S(=O)(=O)c2ccc(C(=O)N(Cc3ccccc3)c3nc4c(C)ccc(Cl)c4s3)cc2)CC1. The second kappa shape index (κ2) is 12.2. The van der Waals surface area contributed by atoms with Crippen molar-refractivity contribution in [3.63, 3.8) is 0 Å². The zero-order valence-electron chi connectivity index (χ0n) is 22.6. The molecule has 5 rings (SSSR count). The fourth-order valence-corrected chi connectivity index (χ4v) is 7.34. The highest BCUT2D eigenvalue weighted by atomic mass is 35.5. The van der Waals surface area contributed by atoms with E-state index in [1.807, 2.05) is 49.4 Å². The van der Waals surface area contributed by atoms with Crippen molar-refractivity contribution >= 4 is 60.3 Å². The number of aryl methyl sites for hydroxylation is 1. The minimum absolute atomic E-state index is 0.0793. The van der Waals surface area contributed by atoms with Gasteiger partial charge in [0.05, 0.1) is 33.3 Å². The third-order valence-corrected chi connectivity index (χ3v) is 10.3. The molecule has 0 radical (unpaired) electrons.